The highest BCUT2D eigenvalue weighted by molar-refractivity contribution is 5.15. The second-order valence-electron chi connectivity index (χ2n) is 5.69. The molecule has 1 N–H and O–H groups in total. The van der Waals surface area contributed by atoms with Crippen LogP contribution in [0.25, 0.3) is 0 Å². The Kier molecular flexibility index (Phi) is 8.20. The molecule has 0 aliphatic heterocycles. The van der Waals surface area contributed by atoms with Gasteiger partial charge in [-0.05, 0) is 23.6 Å². The summed E-state index contributed by atoms with van der Waals surface area (Å²) in [4.78, 5) is 2.17. The number of ether oxygens (including phenoxy) is 1. The molecule has 1 unspecified atom stereocenters. The zero-order valence-electron chi connectivity index (χ0n) is 13.0. The maximum atomic E-state index is 12.9. The Hall–Kier alpha value is -1.23. The molecule has 0 bridgehead atoms. The van der Waals surface area contributed by atoms with E-state index in [9.17, 15) is 9.50 Å². The van der Waals surface area contributed by atoms with Crippen LogP contribution in [0.2, 0.25) is 0 Å². The van der Waals surface area contributed by atoms with Crippen molar-refractivity contribution >= 4 is 0 Å². The van der Waals surface area contributed by atoms with Crippen molar-refractivity contribution in [3.63, 3.8) is 0 Å². The summed E-state index contributed by atoms with van der Waals surface area (Å²) in [7, 11) is 0. The van der Waals surface area contributed by atoms with Gasteiger partial charge in [-0.15, -0.1) is 6.58 Å². The third kappa shape index (κ3) is 7.95. The van der Waals surface area contributed by atoms with E-state index >= 15 is 0 Å². The molecule has 1 aromatic rings. The molecule has 0 saturated carbocycles. The van der Waals surface area contributed by atoms with Crippen LogP contribution in [-0.2, 0) is 11.3 Å². The van der Waals surface area contributed by atoms with Gasteiger partial charge in [0.2, 0.25) is 0 Å². The molecule has 0 fully saturated rings. The van der Waals surface area contributed by atoms with Gasteiger partial charge in [-0.25, -0.2) is 4.39 Å². The van der Waals surface area contributed by atoms with Gasteiger partial charge in [0.1, 0.15) is 5.82 Å². The highest BCUT2D eigenvalue weighted by Crippen LogP contribution is 2.09. The lowest BCUT2D eigenvalue weighted by Crippen LogP contribution is -2.36. The average molecular weight is 295 g/mol. The minimum Gasteiger partial charge on any atom is -0.389 e. The van der Waals surface area contributed by atoms with Crippen molar-refractivity contribution in [3.05, 3.63) is 48.3 Å². The predicted octanol–water partition coefficient (Wildman–Crippen LogP) is 2.85. The Balaban J connectivity index is 2.54. The molecule has 0 spiro atoms. The van der Waals surface area contributed by atoms with Crippen molar-refractivity contribution in [2.75, 3.05) is 26.3 Å². The molecule has 1 rings (SSSR count). The molecule has 0 aliphatic rings. The lowest BCUT2D eigenvalue weighted by atomic mass is 10.1. The summed E-state index contributed by atoms with van der Waals surface area (Å²) in [5.74, 6) is 0.263. The molecule has 4 heteroatoms. The van der Waals surface area contributed by atoms with Gasteiger partial charge in [0.15, 0.2) is 0 Å². The van der Waals surface area contributed by atoms with Crippen LogP contribution < -0.4 is 0 Å². The van der Waals surface area contributed by atoms with E-state index in [2.05, 4.69) is 25.3 Å². The summed E-state index contributed by atoms with van der Waals surface area (Å²) in [5.41, 5.74) is 1.04. The first-order valence-electron chi connectivity index (χ1n) is 7.34. The number of aliphatic hydroxyl groups excluding tert-OH is 1. The molecule has 0 saturated heterocycles. The Morgan fingerprint density at radius 1 is 1.29 bits per heavy atom. The normalized spacial score (nSPS) is 12.9. The number of aliphatic hydroxyl groups is 1. The molecule has 118 valence electrons. The number of hydrogen-bond donors (Lipinski definition) is 1. The van der Waals surface area contributed by atoms with Gasteiger partial charge in [0.25, 0.3) is 0 Å². The summed E-state index contributed by atoms with van der Waals surface area (Å²) >= 11 is 0. The lowest BCUT2D eigenvalue weighted by molar-refractivity contribution is 0.0223. The van der Waals surface area contributed by atoms with E-state index in [4.69, 9.17) is 4.74 Å². The molecule has 0 aromatic heterocycles. The second kappa shape index (κ2) is 9.66. The van der Waals surface area contributed by atoms with Crippen LogP contribution in [0.4, 0.5) is 4.39 Å². The zero-order valence-corrected chi connectivity index (χ0v) is 13.0. The maximum Gasteiger partial charge on any atom is 0.123 e. The third-order valence-corrected chi connectivity index (χ3v) is 2.96. The van der Waals surface area contributed by atoms with E-state index in [1.165, 1.54) is 12.1 Å². The van der Waals surface area contributed by atoms with E-state index in [-0.39, 0.29) is 5.82 Å². The smallest absolute Gasteiger partial charge is 0.123 e. The largest absolute Gasteiger partial charge is 0.389 e. The fourth-order valence-corrected chi connectivity index (χ4v) is 2.21. The van der Waals surface area contributed by atoms with Gasteiger partial charge >= 0.3 is 0 Å². The summed E-state index contributed by atoms with van der Waals surface area (Å²) in [5, 5.41) is 10.0. The van der Waals surface area contributed by atoms with Gasteiger partial charge in [0.05, 0.1) is 19.3 Å². The summed E-state index contributed by atoms with van der Waals surface area (Å²) in [6.45, 7) is 10.7. The minimum absolute atomic E-state index is 0.230. The first-order chi connectivity index (χ1) is 10.0. The molecule has 1 aromatic carbocycles. The monoisotopic (exact) mass is 295 g/mol. The SMILES string of the molecule is C=CCOCC(O)CN(Cc1ccc(F)cc1)CC(C)C. The van der Waals surface area contributed by atoms with Crippen molar-refractivity contribution < 1.29 is 14.2 Å². The number of benzene rings is 1. The van der Waals surface area contributed by atoms with Gasteiger partial charge in [-0.2, -0.15) is 0 Å². The van der Waals surface area contributed by atoms with Gasteiger partial charge in [-0.1, -0.05) is 32.1 Å². The Labute approximate surface area is 127 Å². The van der Waals surface area contributed by atoms with Crippen molar-refractivity contribution in [1.29, 1.82) is 0 Å². The Morgan fingerprint density at radius 3 is 2.52 bits per heavy atom. The Bertz CT molecular complexity index is 406. The molecule has 1 atom stereocenters. The minimum atomic E-state index is -0.538. The van der Waals surface area contributed by atoms with Gasteiger partial charge in [0, 0.05) is 19.6 Å². The van der Waals surface area contributed by atoms with Crippen molar-refractivity contribution in [1.82, 2.24) is 4.90 Å². The van der Waals surface area contributed by atoms with Crippen LogP contribution in [-0.4, -0.2) is 42.4 Å². The molecule has 0 aliphatic carbocycles. The predicted molar refractivity (Wildman–Crippen MR) is 83.5 cm³/mol. The summed E-state index contributed by atoms with van der Waals surface area (Å²) in [6, 6.07) is 6.49. The van der Waals surface area contributed by atoms with Crippen LogP contribution in [0.5, 0.6) is 0 Å². The van der Waals surface area contributed by atoms with Gasteiger partial charge in [-0.3, -0.25) is 4.90 Å². The fourth-order valence-electron chi connectivity index (χ4n) is 2.21. The standard InChI is InChI=1S/C17H26FNO2/c1-4-9-21-13-17(20)12-19(10-14(2)3)11-15-5-7-16(18)8-6-15/h4-8,14,17,20H,1,9-13H2,2-3H3. The maximum absolute atomic E-state index is 12.9. The number of hydrogen-bond acceptors (Lipinski definition) is 3. The first-order valence-corrected chi connectivity index (χ1v) is 7.34. The average Bonchev–Trinajstić information content (AvgIpc) is 2.41. The van der Waals surface area contributed by atoms with Crippen molar-refractivity contribution in [3.8, 4) is 0 Å². The van der Waals surface area contributed by atoms with Crippen molar-refractivity contribution in [2.45, 2.75) is 26.5 Å². The van der Waals surface area contributed by atoms with E-state index in [1.54, 1.807) is 18.2 Å². The molecule has 0 amide bonds. The molecule has 0 heterocycles. The van der Waals surface area contributed by atoms with E-state index in [0.717, 1.165) is 12.1 Å². The first kappa shape index (κ1) is 17.8. The number of halogens is 1. The van der Waals surface area contributed by atoms with Crippen molar-refractivity contribution in [2.24, 2.45) is 5.92 Å². The fraction of sp³-hybridized carbons (Fsp3) is 0.529. The van der Waals surface area contributed by atoms with E-state index in [0.29, 0.717) is 32.2 Å². The lowest BCUT2D eigenvalue weighted by Gasteiger charge is -2.26. The Morgan fingerprint density at radius 2 is 1.95 bits per heavy atom. The molecule has 3 nitrogen and oxygen atoms in total. The molecular formula is C17H26FNO2. The molecular weight excluding hydrogens is 269 g/mol. The van der Waals surface area contributed by atoms with E-state index in [1.807, 2.05) is 0 Å². The van der Waals surface area contributed by atoms with Crippen LogP contribution >= 0.6 is 0 Å². The van der Waals surface area contributed by atoms with Crippen LogP contribution in [0.3, 0.4) is 0 Å². The molecule has 21 heavy (non-hydrogen) atoms. The summed E-state index contributed by atoms with van der Waals surface area (Å²) < 4.78 is 18.2. The molecule has 0 radical (unpaired) electrons. The highest BCUT2D eigenvalue weighted by Gasteiger charge is 2.14. The van der Waals surface area contributed by atoms with Gasteiger partial charge < -0.3 is 9.84 Å². The highest BCUT2D eigenvalue weighted by atomic mass is 19.1. The van der Waals surface area contributed by atoms with Crippen LogP contribution in [0, 0.1) is 11.7 Å². The van der Waals surface area contributed by atoms with Crippen LogP contribution in [0.1, 0.15) is 19.4 Å². The third-order valence-electron chi connectivity index (χ3n) is 2.96. The zero-order chi connectivity index (χ0) is 15.7. The van der Waals surface area contributed by atoms with E-state index < -0.39 is 6.10 Å². The quantitative estimate of drug-likeness (QED) is 0.532. The van der Waals surface area contributed by atoms with Crippen LogP contribution in [0.15, 0.2) is 36.9 Å². The summed E-state index contributed by atoms with van der Waals surface area (Å²) in [6.07, 6.45) is 1.13. The topological polar surface area (TPSA) is 32.7 Å². The number of nitrogens with zero attached hydrogens (tertiary/aromatic N) is 1. The second-order valence-corrected chi connectivity index (χ2v) is 5.69. The number of rotatable bonds is 10.